The third kappa shape index (κ3) is 14.9. The highest BCUT2D eigenvalue weighted by Gasteiger charge is 2.42. The van der Waals surface area contributed by atoms with Crippen LogP contribution in [0.25, 0.3) is 44.5 Å². The first-order valence-electron chi connectivity index (χ1n) is 29.5. The molecule has 0 unspecified atom stereocenters. The lowest BCUT2D eigenvalue weighted by atomic mass is 9.70. The first-order chi connectivity index (χ1) is 36.9. The zero-order chi connectivity index (χ0) is 52.1. The Hall–Kier alpha value is -5.58. The molecular weight excluding hydrogens is 979 g/mol. The second-order valence-electron chi connectivity index (χ2n) is 21.4. The van der Waals surface area contributed by atoms with E-state index in [-0.39, 0.29) is 5.41 Å². The van der Waals surface area contributed by atoms with Gasteiger partial charge in [0, 0.05) is 26.9 Å². The van der Waals surface area contributed by atoms with E-state index in [0.717, 1.165) is 54.6 Å². The summed E-state index contributed by atoms with van der Waals surface area (Å²) in [4.78, 5) is 2.39. The van der Waals surface area contributed by atoms with E-state index in [0.29, 0.717) is 0 Å². The first-order valence-corrected chi connectivity index (χ1v) is 30.3. The van der Waals surface area contributed by atoms with E-state index in [2.05, 4.69) is 206 Å². The molecule has 0 N–H and O–H groups in total. The van der Waals surface area contributed by atoms with Crippen molar-refractivity contribution in [2.24, 2.45) is 0 Å². The Labute approximate surface area is 461 Å². The summed E-state index contributed by atoms with van der Waals surface area (Å²) in [5.74, 6) is 1.87. The van der Waals surface area contributed by atoms with Crippen LogP contribution in [0.1, 0.15) is 180 Å². The van der Waals surface area contributed by atoms with Gasteiger partial charge in [-0.05, 0) is 160 Å². The van der Waals surface area contributed by atoms with E-state index in [4.69, 9.17) is 9.47 Å². The van der Waals surface area contributed by atoms with Gasteiger partial charge in [-0.15, -0.1) is 0 Å². The van der Waals surface area contributed by atoms with E-state index in [1.165, 1.54) is 189 Å². The van der Waals surface area contributed by atoms with E-state index < -0.39 is 0 Å². The van der Waals surface area contributed by atoms with Crippen molar-refractivity contribution in [1.29, 1.82) is 0 Å². The van der Waals surface area contributed by atoms with Crippen molar-refractivity contribution >= 4 is 33.0 Å². The van der Waals surface area contributed by atoms with Crippen LogP contribution in [-0.4, -0.2) is 13.2 Å². The molecule has 0 radical (unpaired) electrons. The van der Waals surface area contributed by atoms with Gasteiger partial charge in [0.1, 0.15) is 11.5 Å². The van der Waals surface area contributed by atoms with Crippen LogP contribution in [0.5, 0.6) is 11.5 Å². The van der Waals surface area contributed by atoms with Crippen molar-refractivity contribution in [1.82, 2.24) is 0 Å². The third-order valence-corrected chi connectivity index (χ3v) is 16.3. The number of unbranched alkanes of at least 4 members (excludes halogenated alkanes) is 16. The minimum absolute atomic E-state index is 0.0163. The minimum atomic E-state index is 0.0163. The summed E-state index contributed by atoms with van der Waals surface area (Å²) in [6.45, 7) is 10.7. The Bertz CT molecular complexity index is 2640. The van der Waals surface area contributed by atoms with Crippen molar-refractivity contribution in [3.05, 3.63) is 173 Å². The molecule has 394 valence electrons. The lowest BCUT2D eigenvalue weighted by Crippen LogP contribution is -2.25. The monoisotopic (exact) mass is 1060 g/mol. The molecule has 0 aliphatic heterocycles. The fourth-order valence-corrected chi connectivity index (χ4v) is 11.9. The Morgan fingerprint density at radius 3 is 1.07 bits per heavy atom. The lowest BCUT2D eigenvalue weighted by molar-refractivity contribution is 0.305. The molecule has 0 saturated carbocycles. The predicted molar refractivity (Wildman–Crippen MR) is 327 cm³/mol. The number of nitrogens with zero attached hydrogens (tertiary/aromatic N) is 1. The van der Waals surface area contributed by atoms with Crippen molar-refractivity contribution in [2.75, 3.05) is 18.1 Å². The topological polar surface area (TPSA) is 21.7 Å². The van der Waals surface area contributed by atoms with Crippen LogP contribution < -0.4 is 14.4 Å². The molecule has 0 saturated heterocycles. The van der Waals surface area contributed by atoms with Gasteiger partial charge in [-0.3, -0.25) is 0 Å². The van der Waals surface area contributed by atoms with Crippen LogP contribution in [-0.2, 0) is 5.41 Å². The fraction of sp³-hybridized carbons (Fsp3) is 0.408. The normalized spacial score (nSPS) is 12.4. The van der Waals surface area contributed by atoms with E-state index >= 15 is 0 Å². The van der Waals surface area contributed by atoms with Crippen molar-refractivity contribution in [3.8, 4) is 56.0 Å². The number of ether oxygens (including phenoxy) is 2. The lowest BCUT2D eigenvalue weighted by Gasteiger charge is -2.33. The molecule has 0 aromatic heterocycles. The van der Waals surface area contributed by atoms with Gasteiger partial charge in [0.15, 0.2) is 0 Å². The molecule has 7 aromatic rings. The molecule has 75 heavy (non-hydrogen) atoms. The van der Waals surface area contributed by atoms with Crippen molar-refractivity contribution < 1.29 is 9.47 Å². The maximum atomic E-state index is 6.08. The van der Waals surface area contributed by atoms with Crippen LogP contribution in [0.3, 0.4) is 0 Å². The zero-order valence-corrected chi connectivity index (χ0v) is 47.7. The van der Waals surface area contributed by atoms with Crippen molar-refractivity contribution in [2.45, 2.75) is 174 Å². The highest BCUT2D eigenvalue weighted by molar-refractivity contribution is 9.10. The van der Waals surface area contributed by atoms with E-state index in [9.17, 15) is 0 Å². The number of hydrogen-bond acceptors (Lipinski definition) is 3. The number of fused-ring (bicyclic) bond motifs is 3. The Morgan fingerprint density at radius 1 is 0.333 bits per heavy atom. The Balaban J connectivity index is 1.08. The average molecular weight is 1070 g/mol. The molecule has 0 fully saturated rings. The van der Waals surface area contributed by atoms with Gasteiger partial charge in [-0.1, -0.05) is 238 Å². The molecule has 0 bridgehead atoms. The molecule has 0 atom stereocenters. The summed E-state index contributed by atoms with van der Waals surface area (Å²) in [5.41, 5.74) is 16.6. The smallest absolute Gasteiger partial charge is 0.119 e. The SMILES string of the molecule is CCCCCCCCC1(CCCCCCCC)c2cc(Br)ccc2-c2ccc(-c3ccc(N(c4ccc(-c5ccc(OCCCCCC)cc5)cc4)c4ccc(-c5ccc(OCCCCCC)cc5)cc4)cc3)cc21. The standard InChI is InChI=1S/C71H86BrNO2/c1-5-9-13-17-19-21-49-71(50-22-20-18-14-10-6-2)69-53-60(35-47-67(69)68-48-36-61(72)54-70(68)71)59-29-41-64(42-30-59)73(62-37-25-55(26-38-62)57-31-43-65(44-32-57)74-51-23-15-11-7-3)63-39-27-56(28-40-63)58-33-45-66(46-34-58)75-52-24-16-12-8-4/h25-48,53-54H,5-24,49-52H2,1-4H3. The zero-order valence-electron chi connectivity index (χ0n) is 46.1. The second-order valence-corrected chi connectivity index (χ2v) is 22.3. The van der Waals surface area contributed by atoms with Gasteiger partial charge in [-0.25, -0.2) is 0 Å². The summed E-state index contributed by atoms with van der Waals surface area (Å²) in [7, 11) is 0. The summed E-state index contributed by atoms with van der Waals surface area (Å²) in [6.07, 6.45) is 27.8. The fourth-order valence-electron chi connectivity index (χ4n) is 11.5. The Kier molecular flexibility index (Phi) is 21.6. The number of anilines is 3. The molecule has 0 heterocycles. The van der Waals surface area contributed by atoms with Gasteiger partial charge >= 0.3 is 0 Å². The average Bonchev–Trinajstić information content (AvgIpc) is 3.72. The molecule has 1 aliphatic rings. The molecule has 7 aromatic carbocycles. The molecule has 3 nitrogen and oxygen atoms in total. The van der Waals surface area contributed by atoms with Crippen LogP contribution in [0.2, 0.25) is 0 Å². The molecule has 4 heteroatoms. The maximum absolute atomic E-state index is 6.08. The molecular formula is C71H86BrNO2. The van der Waals surface area contributed by atoms with E-state index in [1.807, 2.05) is 0 Å². The number of rotatable bonds is 32. The summed E-state index contributed by atoms with van der Waals surface area (Å²) < 4.78 is 13.4. The van der Waals surface area contributed by atoms with Gasteiger partial charge < -0.3 is 14.4 Å². The van der Waals surface area contributed by atoms with Crippen LogP contribution in [0.4, 0.5) is 17.1 Å². The number of benzene rings is 7. The number of hydrogen-bond donors (Lipinski definition) is 0. The summed E-state index contributed by atoms with van der Waals surface area (Å²) in [6, 6.07) is 59.1. The largest absolute Gasteiger partial charge is 0.494 e. The van der Waals surface area contributed by atoms with Crippen molar-refractivity contribution in [3.63, 3.8) is 0 Å². The van der Waals surface area contributed by atoms with Gasteiger partial charge in [0.05, 0.1) is 13.2 Å². The van der Waals surface area contributed by atoms with Gasteiger partial charge in [0.25, 0.3) is 0 Å². The quantitative estimate of drug-likeness (QED) is 0.0392. The molecule has 8 rings (SSSR count). The van der Waals surface area contributed by atoms with Crippen LogP contribution in [0.15, 0.2) is 162 Å². The highest BCUT2D eigenvalue weighted by Crippen LogP contribution is 2.56. The molecule has 0 amide bonds. The molecule has 1 aliphatic carbocycles. The number of halogens is 1. The summed E-state index contributed by atoms with van der Waals surface area (Å²) >= 11 is 3.93. The third-order valence-electron chi connectivity index (χ3n) is 15.9. The first kappa shape index (κ1) is 55.6. The minimum Gasteiger partial charge on any atom is -0.494 e. The van der Waals surface area contributed by atoms with Gasteiger partial charge in [-0.2, -0.15) is 0 Å². The second kappa shape index (κ2) is 29.1. The van der Waals surface area contributed by atoms with Crippen LogP contribution in [0, 0.1) is 0 Å². The molecule has 0 spiro atoms. The Morgan fingerprint density at radius 2 is 0.653 bits per heavy atom. The highest BCUT2D eigenvalue weighted by atomic mass is 79.9. The predicted octanol–water partition coefficient (Wildman–Crippen LogP) is 22.6. The maximum Gasteiger partial charge on any atom is 0.119 e. The van der Waals surface area contributed by atoms with Gasteiger partial charge in [0.2, 0.25) is 0 Å². The van der Waals surface area contributed by atoms with Crippen LogP contribution >= 0.6 is 15.9 Å². The van der Waals surface area contributed by atoms with E-state index in [1.54, 1.807) is 0 Å². The summed E-state index contributed by atoms with van der Waals surface area (Å²) in [5, 5.41) is 0.